The Morgan fingerprint density at radius 3 is 3.22 bits per heavy atom. The Labute approximate surface area is 54.1 Å². The van der Waals surface area contributed by atoms with Gasteiger partial charge in [0.05, 0.1) is 6.04 Å². The zero-order valence-corrected chi connectivity index (χ0v) is 5.18. The molecule has 9 heavy (non-hydrogen) atoms. The molecule has 2 rings (SSSR count). The van der Waals surface area contributed by atoms with Gasteiger partial charge < -0.3 is 15.4 Å². The minimum atomic E-state index is 0.331. The van der Waals surface area contributed by atoms with Crippen molar-refractivity contribution in [2.24, 2.45) is 0 Å². The zero-order chi connectivity index (χ0) is 6.27. The highest BCUT2D eigenvalue weighted by Gasteiger charge is 2.34. The molecule has 3 heteroatoms. The van der Waals surface area contributed by atoms with Crippen molar-refractivity contribution < 1.29 is 4.74 Å². The highest BCUT2D eigenvalue weighted by Crippen LogP contribution is 2.15. The van der Waals surface area contributed by atoms with Gasteiger partial charge in [0.2, 0.25) is 0 Å². The second kappa shape index (κ2) is 1.64. The van der Waals surface area contributed by atoms with Crippen molar-refractivity contribution in [3.63, 3.8) is 0 Å². The Morgan fingerprint density at radius 2 is 2.44 bits per heavy atom. The summed E-state index contributed by atoms with van der Waals surface area (Å²) in [6, 6.07) is 0.470. The Morgan fingerprint density at radius 1 is 1.56 bits per heavy atom. The van der Waals surface area contributed by atoms with E-state index >= 15 is 0 Å². The van der Waals surface area contributed by atoms with Crippen LogP contribution in [0.15, 0.2) is 12.5 Å². The summed E-state index contributed by atoms with van der Waals surface area (Å²) < 4.78 is 5.32. The maximum Gasteiger partial charge on any atom is 0.180 e. The van der Waals surface area contributed by atoms with Gasteiger partial charge in [-0.1, -0.05) is 0 Å². The Kier molecular flexibility index (Phi) is 0.931. The molecule has 2 N–H and O–H groups in total. The molecule has 2 aliphatic heterocycles. The normalized spacial score (nSPS) is 39.8. The van der Waals surface area contributed by atoms with Crippen molar-refractivity contribution in [1.82, 2.24) is 10.6 Å². The lowest BCUT2D eigenvalue weighted by Gasteiger charge is -2.01. The zero-order valence-electron chi connectivity index (χ0n) is 5.18. The van der Waals surface area contributed by atoms with Crippen molar-refractivity contribution in [3.05, 3.63) is 12.5 Å². The van der Waals surface area contributed by atoms with Gasteiger partial charge in [-0.2, -0.15) is 0 Å². The maximum atomic E-state index is 5.32. The van der Waals surface area contributed by atoms with Crippen molar-refractivity contribution in [1.29, 1.82) is 0 Å². The van der Waals surface area contributed by atoms with Crippen LogP contribution in [-0.2, 0) is 4.74 Å². The predicted molar refractivity (Wildman–Crippen MR) is 33.8 cm³/mol. The summed E-state index contributed by atoms with van der Waals surface area (Å²) in [6.45, 7) is 5.63. The number of hydrogen-bond donors (Lipinski definition) is 2. The van der Waals surface area contributed by atoms with Crippen LogP contribution >= 0.6 is 0 Å². The molecular weight excluding hydrogens is 116 g/mol. The Hall–Kier alpha value is -0.700. The van der Waals surface area contributed by atoms with Crippen LogP contribution in [0, 0.1) is 0 Å². The third kappa shape index (κ3) is 0.685. The minimum Gasteiger partial charge on any atom is -0.473 e. The molecule has 2 fully saturated rings. The fraction of sp³-hybridized carbons (Fsp3) is 0.667. The lowest BCUT2D eigenvalue weighted by molar-refractivity contribution is 0.172. The Balaban J connectivity index is 2.09. The molecule has 0 amide bonds. The van der Waals surface area contributed by atoms with E-state index in [9.17, 15) is 0 Å². The molecule has 0 aliphatic carbocycles. The molecule has 2 aliphatic rings. The van der Waals surface area contributed by atoms with Crippen molar-refractivity contribution in [3.8, 4) is 0 Å². The smallest absolute Gasteiger partial charge is 0.180 e. The van der Waals surface area contributed by atoms with Gasteiger partial charge >= 0.3 is 0 Å². The molecule has 0 aromatic carbocycles. The fourth-order valence-corrected chi connectivity index (χ4v) is 1.35. The van der Waals surface area contributed by atoms with E-state index in [1.54, 1.807) is 0 Å². The topological polar surface area (TPSA) is 33.3 Å². The van der Waals surface area contributed by atoms with E-state index in [1.165, 1.54) is 0 Å². The Bertz CT molecular complexity index is 132. The van der Waals surface area contributed by atoms with Crippen molar-refractivity contribution >= 4 is 0 Å². The van der Waals surface area contributed by atoms with Crippen LogP contribution in [0.1, 0.15) is 0 Å². The second-order valence-electron chi connectivity index (χ2n) is 2.49. The third-order valence-corrected chi connectivity index (χ3v) is 1.80. The average molecular weight is 126 g/mol. The van der Waals surface area contributed by atoms with Crippen molar-refractivity contribution in [2.45, 2.75) is 12.1 Å². The molecule has 2 unspecified atom stereocenters. The summed E-state index contributed by atoms with van der Waals surface area (Å²) in [4.78, 5) is 0. The van der Waals surface area contributed by atoms with Crippen molar-refractivity contribution in [2.75, 3.05) is 13.1 Å². The molecule has 2 atom stereocenters. The maximum absolute atomic E-state index is 5.32. The molecule has 0 bridgehead atoms. The van der Waals surface area contributed by atoms with E-state index < -0.39 is 0 Å². The number of rotatable bonds is 0. The number of hydrogen-bond acceptors (Lipinski definition) is 3. The summed E-state index contributed by atoms with van der Waals surface area (Å²) in [5, 5.41) is 6.35. The van der Waals surface area contributed by atoms with Crippen LogP contribution in [0.25, 0.3) is 0 Å². The number of nitrogens with one attached hydrogen (secondary N) is 2. The average Bonchev–Trinajstić information content (AvgIpc) is 2.22. The van der Waals surface area contributed by atoms with Crippen LogP contribution in [0.2, 0.25) is 0 Å². The molecule has 0 radical (unpaired) electrons. The third-order valence-electron chi connectivity index (χ3n) is 1.80. The summed E-state index contributed by atoms with van der Waals surface area (Å²) >= 11 is 0. The molecule has 0 saturated carbocycles. The van der Waals surface area contributed by atoms with Gasteiger partial charge in [-0.05, 0) is 6.58 Å². The summed E-state index contributed by atoms with van der Waals surface area (Å²) in [5.74, 6) is 0.728. The standard InChI is InChI=1S/C6H10N2O/c1-4-8-5-2-7-3-6(5)9-4/h5-8H,1-3H2. The van der Waals surface area contributed by atoms with Gasteiger partial charge in [0, 0.05) is 13.1 Å². The number of ether oxygens (including phenoxy) is 1. The summed E-state index contributed by atoms with van der Waals surface area (Å²) in [6.07, 6.45) is 0.331. The fourth-order valence-electron chi connectivity index (χ4n) is 1.35. The van der Waals surface area contributed by atoms with Crippen LogP contribution in [0.3, 0.4) is 0 Å². The van der Waals surface area contributed by atoms with Crippen LogP contribution in [0.4, 0.5) is 0 Å². The van der Waals surface area contributed by atoms with E-state index in [0.717, 1.165) is 19.0 Å². The quantitative estimate of drug-likeness (QED) is 0.455. The van der Waals surface area contributed by atoms with E-state index in [1.807, 2.05) is 0 Å². The SMILES string of the molecule is C=C1NC2CNCC2O1. The lowest BCUT2D eigenvalue weighted by atomic mass is 10.2. The molecule has 2 heterocycles. The van der Waals surface area contributed by atoms with Gasteiger partial charge in [0.1, 0.15) is 6.10 Å². The van der Waals surface area contributed by atoms with E-state index in [2.05, 4.69) is 17.2 Å². The molecule has 0 aromatic heterocycles. The van der Waals surface area contributed by atoms with E-state index in [4.69, 9.17) is 4.74 Å². The highest BCUT2D eigenvalue weighted by atomic mass is 16.5. The highest BCUT2D eigenvalue weighted by molar-refractivity contribution is 5.02. The molecular formula is C6H10N2O. The van der Waals surface area contributed by atoms with Gasteiger partial charge in [0.25, 0.3) is 0 Å². The first-order chi connectivity index (χ1) is 4.36. The van der Waals surface area contributed by atoms with E-state index in [0.29, 0.717) is 12.1 Å². The van der Waals surface area contributed by atoms with E-state index in [-0.39, 0.29) is 0 Å². The van der Waals surface area contributed by atoms with Gasteiger partial charge in [-0.3, -0.25) is 0 Å². The molecule has 0 aromatic rings. The van der Waals surface area contributed by atoms with Gasteiger partial charge in [-0.15, -0.1) is 0 Å². The van der Waals surface area contributed by atoms with Crippen LogP contribution in [-0.4, -0.2) is 25.2 Å². The largest absolute Gasteiger partial charge is 0.473 e. The minimum absolute atomic E-state index is 0.331. The van der Waals surface area contributed by atoms with Crippen LogP contribution in [0.5, 0.6) is 0 Å². The molecule has 0 spiro atoms. The second-order valence-corrected chi connectivity index (χ2v) is 2.49. The summed E-state index contributed by atoms with van der Waals surface area (Å²) in [5.41, 5.74) is 0. The van der Waals surface area contributed by atoms with Crippen LogP contribution < -0.4 is 10.6 Å². The first-order valence-corrected chi connectivity index (χ1v) is 3.19. The summed E-state index contributed by atoms with van der Waals surface area (Å²) in [7, 11) is 0. The lowest BCUT2D eigenvalue weighted by Crippen LogP contribution is -2.28. The first kappa shape index (κ1) is 5.11. The first-order valence-electron chi connectivity index (χ1n) is 3.19. The van der Waals surface area contributed by atoms with Gasteiger partial charge in [0.15, 0.2) is 5.88 Å². The van der Waals surface area contributed by atoms with Gasteiger partial charge in [-0.25, -0.2) is 0 Å². The monoisotopic (exact) mass is 126 g/mol. The number of fused-ring (bicyclic) bond motifs is 1. The molecule has 50 valence electrons. The molecule has 2 saturated heterocycles. The predicted octanol–water partition coefficient (Wildman–Crippen LogP) is -0.582. The molecule has 3 nitrogen and oxygen atoms in total.